The molecule has 5 nitrogen and oxygen atoms in total. The molecule has 4 rings (SSSR count). The van der Waals surface area contributed by atoms with Crippen LogP contribution < -0.4 is 4.74 Å². The average molecular weight is 372 g/mol. The number of nitrogens with zero attached hydrogens (tertiary/aromatic N) is 1. The Hall–Kier alpha value is -2.53. The van der Waals surface area contributed by atoms with Crippen LogP contribution in [0.5, 0.6) is 5.75 Å². The van der Waals surface area contributed by atoms with Crippen LogP contribution in [0.1, 0.15) is 39.1 Å². The van der Waals surface area contributed by atoms with Gasteiger partial charge in [0.25, 0.3) is 5.91 Å². The summed E-state index contributed by atoms with van der Waals surface area (Å²) in [7, 11) is 1.52. The predicted octanol–water partition coefficient (Wildman–Crippen LogP) is 3.65. The predicted molar refractivity (Wildman–Crippen MR) is 96.7 cm³/mol. The van der Waals surface area contributed by atoms with E-state index in [4.69, 9.17) is 21.1 Å². The molecule has 1 amide bonds. The van der Waals surface area contributed by atoms with Crippen molar-refractivity contribution in [2.45, 2.75) is 18.4 Å². The van der Waals surface area contributed by atoms with Gasteiger partial charge in [0.1, 0.15) is 5.75 Å². The summed E-state index contributed by atoms with van der Waals surface area (Å²) in [6.07, 6.45) is 1.45. The van der Waals surface area contributed by atoms with Crippen LogP contribution in [0.25, 0.3) is 0 Å². The third kappa shape index (κ3) is 2.63. The second-order valence-corrected chi connectivity index (χ2v) is 7.04. The van der Waals surface area contributed by atoms with Crippen LogP contribution in [0.15, 0.2) is 42.5 Å². The molecule has 134 valence electrons. The first-order chi connectivity index (χ1) is 12.5. The van der Waals surface area contributed by atoms with Crippen molar-refractivity contribution in [1.82, 2.24) is 4.90 Å². The van der Waals surface area contributed by atoms with Crippen LogP contribution in [0.2, 0.25) is 5.02 Å². The number of hydrogen-bond donors (Lipinski definition) is 0. The summed E-state index contributed by atoms with van der Waals surface area (Å²) in [6.45, 7) is 0.917. The molecule has 0 saturated carbocycles. The van der Waals surface area contributed by atoms with Gasteiger partial charge in [-0.1, -0.05) is 29.8 Å². The Kier molecular flexibility index (Phi) is 4.11. The van der Waals surface area contributed by atoms with Gasteiger partial charge in [0.05, 0.1) is 24.8 Å². The summed E-state index contributed by atoms with van der Waals surface area (Å²) in [6, 6.07) is 12.4. The van der Waals surface area contributed by atoms with Crippen molar-refractivity contribution < 1.29 is 19.1 Å². The number of fused-ring (bicyclic) bond motifs is 2. The Bertz CT molecular complexity index is 897. The van der Waals surface area contributed by atoms with Gasteiger partial charge in [0, 0.05) is 17.1 Å². The van der Waals surface area contributed by atoms with Gasteiger partial charge in [0.2, 0.25) is 0 Å². The van der Waals surface area contributed by atoms with Crippen LogP contribution in [0.3, 0.4) is 0 Å². The normalized spacial score (nSPS) is 21.5. The fraction of sp³-hybridized carbons (Fsp3) is 0.300. The second-order valence-electron chi connectivity index (χ2n) is 6.60. The highest BCUT2D eigenvalue weighted by molar-refractivity contribution is 6.31. The lowest BCUT2D eigenvalue weighted by molar-refractivity contribution is -0.0442. The molecule has 1 saturated heterocycles. The maximum atomic E-state index is 13.1. The number of likely N-dealkylation sites (tertiary alicyclic amines) is 1. The maximum Gasteiger partial charge on any atom is 0.339 e. The van der Waals surface area contributed by atoms with Gasteiger partial charge in [-0.25, -0.2) is 4.79 Å². The lowest BCUT2D eigenvalue weighted by Gasteiger charge is -2.39. The summed E-state index contributed by atoms with van der Waals surface area (Å²) in [5, 5.41) is 0.471. The first-order valence-electron chi connectivity index (χ1n) is 8.50. The number of amides is 1. The molecule has 2 aliphatic heterocycles. The SMILES string of the molecule is COc1ccc(Cl)cc1C(=O)N1CCC[C@]2(C1)OC(=O)c1ccccc12. The number of rotatable bonds is 2. The lowest BCUT2D eigenvalue weighted by atomic mass is 9.85. The summed E-state index contributed by atoms with van der Waals surface area (Å²) >= 11 is 6.07. The van der Waals surface area contributed by atoms with Gasteiger partial charge in [-0.3, -0.25) is 4.79 Å². The first kappa shape index (κ1) is 16.9. The molecule has 26 heavy (non-hydrogen) atoms. The molecule has 0 bridgehead atoms. The van der Waals surface area contributed by atoms with E-state index in [2.05, 4.69) is 0 Å². The summed E-state index contributed by atoms with van der Waals surface area (Å²) in [5.41, 5.74) is 1.09. The van der Waals surface area contributed by atoms with Gasteiger partial charge in [-0.2, -0.15) is 0 Å². The number of benzene rings is 2. The van der Waals surface area contributed by atoms with E-state index in [0.29, 0.717) is 41.4 Å². The second kappa shape index (κ2) is 6.32. The van der Waals surface area contributed by atoms with Crippen molar-refractivity contribution in [3.8, 4) is 5.75 Å². The molecular formula is C20H18ClNO4. The molecule has 1 spiro atoms. The molecule has 2 aliphatic rings. The highest BCUT2D eigenvalue weighted by atomic mass is 35.5. The molecule has 0 N–H and O–H groups in total. The fourth-order valence-corrected chi connectivity index (χ4v) is 4.03. The van der Waals surface area contributed by atoms with Gasteiger partial charge in [-0.05, 0) is 37.1 Å². The molecule has 0 radical (unpaired) electrons. The van der Waals surface area contributed by atoms with Crippen LogP contribution in [-0.2, 0) is 10.3 Å². The summed E-state index contributed by atoms with van der Waals surface area (Å²) in [5.74, 6) is -0.0260. The van der Waals surface area contributed by atoms with E-state index in [1.54, 1.807) is 29.2 Å². The molecule has 2 aromatic carbocycles. The monoisotopic (exact) mass is 371 g/mol. The molecular weight excluding hydrogens is 354 g/mol. The van der Waals surface area contributed by atoms with Gasteiger partial charge < -0.3 is 14.4 Å². The smallest absolute Gasteiger partial charge is 0.339 e. The van der Waals surface area contributed by atoms with Crippen molar-refractivity contribution in [3.63, 3.8) is 0 Å². The number of halogens is 1. The van der Waals surface area contributed by atoms with Crippen molar-refractivity contribution in [2.75, 3.05) is 20.2 Å². The maximum absolute atomic E-state index is 13.1. The summed E-state index contributed by atoms with van der Waals surface area (Å²) in [4.78, 5) is 27.1. The highest BCUT2D eigenvalue weighted by Crippen LogP contribution is 2.43. The third-order valence-electron chi connectivity index (χ3n) is 5.06. The lowest BCUT2D eigenvalue weighted by Crippen LogP contribution is -2.48. The molecule has 0 aromatic heterocycles. The number of carbonyl (C=O) groups is 2. The van der Waals surface area contributed by atoms with Crippen molar-refractivity contribution >= 4 is 23.5 Å². The zero-order valence-electron chi connectivity index (χ0n) is 14.3. The molecule has 6 heteroatoms. The van der Waals surface area contributed by atoms with E-state index in [0.717, 1.165) is 12.0 Å². The molecule has 0 unspecified atom stereocenters. The van der Waals surface area contributed by atoms with Gasteiger partial charge >= 0.3 is 5.97 Å². The number of ether oxygens (including phenoxy) is 2. The minimum Gasteiger partial charge on any atom is -0.496 e. The minimum absolute atomic E-state index is 0.177. The fourth-order valence-electron chi connectivity index (χ4n) is 3.86. The average Bonchev–Trinajstić information content (AvgIpc) is 2.93. The number of piperidine rings is 1. The van der Waals surface area contributed by atoms with E-state index in [1.807, 2.05) is 18.2 Å². The van der Waals surface area contributed by atoms with Crippen molar-refractivity contribution in [1.29, 1.82) is 0 Å². The van der Waals surface area contributed by atoms with E-state index in [-0.39, 0.29) is 11.9 Å². The highest BCUT2D eigenvalue weighted by Gasteiger charge is 2.48. The van der Waals surface area contributed by atoms with Crippen LogP contribution in [-0.4, -0.2) is 37.0 Å². The van der Waals surface area contributed by atoms with E-state index < -0.39 is 5.60 Å². The largest absolute Gasteiger partial charge is 0.496 e. The minimum atomic E-state index is -0.770. The molecule has 2 heterocycles. The summed E-state index contributed by atoms with van der Waals surface area (Å²) < 4.78 is 11.1. The van der Waals surface area contributed by atoms with Crippen molar-refractivity contribution in [2.24, 2.45) is 0 Å². The molecule has 0 aliphatic carbocycles. The Labute approximate surface area is 156 Å². The third-order valence-corrected chi connectivity index (χ3v) is 5.30. The number of carbonyl (C=O) groups excluding carboxylic acids is 2. The van der Waals surface area contributed by atoms with E-state index in [1.165, 1.54) is 7.11 Å². The van der Waals surface area contributed by atoms with Crippen LogP contribution in [0.4, 0.5) is 0 Å². The number of esters is 1. The Morgan fingerprint density at radius 1 is 1.27 bits per heavy atom. The topological polar surface area (TPSA) is 55.8 Å². The van der Waals surface area contributed by atoms with Crippen LogP contribution in [0, 0.1) is 0 Å². The Morgan fingerprint density at radius 3 is 2.88 bits per heavy atom. The number of methoxy groups -OCH3 is 1. The standard InChI is InChI=1S/C20H18ClNO4/c1-25-17-8-7-13(21)11-15(17)18(23)22-10-4-9-20(12-22)16-6-3-2-5-14(16)19(24)26-20/h2-3,5-8,11H,4,9-10,12H2,1H3/t20-/m1/s1. The van der Waals surface area contributed by atoms with E-state index in [9.17, 15) is 9.59 Å². The molecule has 1 atom stereocenters. The van der Waals surface area contributed by atoms with Gasteiger partial charge in [-0.15, -0.1) is 0 Å². The number of hydrogen-bond acceptors (Lipinski definition) is 4. The van der Waals surface area contributed by atoms with Gasteiger partial charge in [0.15, 0.2) is 5.60 Å². The zero-order valence-corrected chi connectivity index (χ0v) is 15.1. The quantitative estimate of drug-likeness (QED) is 0.756. The zero-order chi connectivity index (χ0) is 18.3. The Morgan fingerprint density at radius 2 is 2.08 bits per heavy atom. The Balaban J connectivity index is 1.67. The van der Waals surface area contributed by atoms with E-state index >= 15 is 0 Å². The van der Waals surface area contributed by atoms with Crippen LogP contribution >= 0.6 is 11.6 Å². The first-order valence-corrected chi connectivity index (χ1v) is 8.87. The van der Waals surface area contributed by atoms with Crippen molar-refractivity contribution in [3.05, 3.63) is 64.2 Å². The molecule has 2 aromatic rings. The molecule has 1 fully saturated rings.